The molecule has 1 aliphatic heterocycles. The molecule has 0 amide bonds. The Morgan fingerprint density at radius 3 is 2.20 bits per heavy atom. The molecule has 5 fully saturated rings. The van der Waals surface area contributed by atoms with Crippen LogP contribution in [0.5, 0.6) is 0 Å². The summed E-state index contributed by atoms with van der Waals surface area (Å²) >= 11 is 0. The molecule has 2 heterocycles. The van der Waals surface area contributed by atoms with Gasteiger partial charge in [0.15, 0.2) is 11.9 Å². The first-order valence-electron chi connectivity index (χ1n) is 17.1. The molecule has 14 heteroatoms. The number of hydrogen-bond donors (Lipinski definition) is 5. The normalized spacial score (nSPS) is 47.4. The third kappa shape index (κ3) is 3.98. The highest BCUT2D eigenvalue weighted by Gasteiger charge is 2.98. The Hall–Kier alpha value is -3.01. The molecule has 4 aliphatic carbocycles. The number of allylic oxidation sites excluding steroid dienone is 1. The van der Waals surface area contributed by atoms with Crippen LogP contribution >= 0.6 is 0 Å². The van der Waals surface area contributed by atoms with Crippen molar-refractivity contribution in [2.75, 3.05) is 14.2 Å². The first-order chi connectivity index (χ1) is 23.1. The zero-order valence-electron chi connectivity index (χ0n) is 30.0. The number of aliphatic hydroxyl groups excluding tert-OH is 2. The molecule has 1 aromatic heterocycles. The summed E-state index contributed by atoms with van der Waals surface area (Å²) in [5.74, 6) is -5.46. The second kappa shape index (κ2) is 11.2. The molecule has 1 saturated heterocycles. The van der Waals surface area contributed by atoms with Crippen molar-refractivity contribution < 1.29 is 68.0 Å². The molecule has 4 saturated carbocycles. The fourth-order valence-electron chi connectivity index (χ4n) is 11.9. The molecule has 6 rings (SSSR count). The number of methoxy groups -OCH3 is 2. The van der Waals surface area contributed by atoms with E-state index in [4.69, 9.17) is 28.1 Å². The maximum Gasteiger partial charge on any atom is 0.305 e. The Morgan fingerprint density at radius 2 is 1.68 bits per heavy atom. The monoisotopic (exact) mass is 706 g/mol. The lowest BCUT2D eigenvalue weighted by Gasteiger charge is -2.78. The van der Waals surface area contributed by atoms with Crippen LogP contribution in [0.2, 0.25) is 0 Å². The van der Waals surface area contributed by atoms with Crippen molar-refractivity contribution in [3.05, 3.63) is 35.5 Å². The molecule has 14 nitrogen and oxygen atoms in total. The maximum atomic E-state index is 13.9. The lowest BCUT2D eigenvalue weighted by molar-refractivity contribution is -0.460. The zero-order valence-corrected chi connectivity index (χ0v) is 30.0. The number of furan rings is 1. The van der Waals surface area contributed by atoms with Gasteiger partial charge in [-0.2, -0.15) is 0 Å². The number of hydrogen-bond acceptors (Lipinski definition) is 14. The minimum Gasteiger partial charge on any atom is -0.512 e. The minimum atomic E-state index is -2.59. The van der Waals surface area contributed by atoms with Crippen molar-refractivity contribution in [2.24, 2.45) is 34.0 Å². The van der Waals surface area contributed by atoms with Crippen LogP contribution in [-0.2, 0) is 38.1 Å². The molecule has 50 heavy (non-hydrogen) atoms. The number of ether oxygens (including phenoxy) is 5. The number of aliphatic hydroxyl groups is 5. The van der Waals surface area contributed by atoms with E-state index in [1.54, 1.807) is 40.7 Å². The summed E-state index contributed by atoms with van der Waals surface area (Å²) in [5, 5.41) is 64.5. The largest absolute Gasteiger partial charge is 0.512 e. The molecule has 0 spiro atoms. The predicted octanol–water partition coefficient (Wildman–Crippen LogP) is 2.62. The lowest BCUT2D eigenvalue weighted by atomic mass is 9.33. The maximum absolute atomic E-state index is 13.9. The van der Waals surface area contributed by atoms with Crippen LogP contribution in [0, 0.1) is 34.0 Å². The molecule has 0 radical (unpaired) electrons. The molecule has 278 valence electrons. The van der Waals surface area contributed by atoms with Crippen LogP contribution in [0.15, 0.2) is 34.3 Å². The number of rotatable bonds is 8. The van der Waals surface area contributed by atoms with Crippen molar-refractivity contribution >= 4 is 17.9 Å². The highest BCUT2D eigenvalue weighted by molar-refractivity contribution is 5.71. The number of carbonyl (C=O) groups excluding carboxylic acids is 3. The fourth-order valence-corrected chi connectivity index (χ4v) is 11.9. The van der Waals surface area contributed by atoms with Gasteiger partial charge in [-0.3, -0.25) is 14.4 Å². The summed E-state index contributed by atoms with van der Waals surface area (Å²) in [5.41, 5.74) is -13.5. The van der Waals surface area contributed by atoms with E-state index in [1.807, 2.05) is 0 Å². The first kappa shape index (κ1) is 36.8. The molecule has 5 N–H and O–H groups in total. The first-order valence-corrected chi connectivity index (χ1v) is 17.1. The van der Waals surface area contributed by atoms with Gasteiger partial charge >= 0.3 is 17.9 Å². The number of fused-ring (bicyclic) bond motifs is 3. The highest BCUT2D eigenvalue weighted by atomic mass is 16.7. The quantitative estimate of drug-likeness (QED) is 0.150. The van der Waals surface area contributed by atoms with E-state index in [1.165, 1.54) is 40.6 Å². The van der Waals surface area contributed by atoms with Gasteiger partial charge in [0.2, 0.25) is 0 Å². The topological polar surface area (TPSA) is 212 Å². The molecule has 1 aromatic rings. The van der Waals surface area contributed by atoms with E-state index in [2.05, 4.69) is 0 Å². The molecule has 13 unspecified atom stereocenters. The van der Waals surface area contributed by atoms with E-state index in [0.29, 0.717) is 5.56 Å². The Balaban J connectivity index is 1.74. The molecular formula is C36H50O14. The third-order valence-corrected chi connectivity index (χ3v) is 13.7. The minimum absolute atomic E-state index is 0.00854. The van der Waals surface area contributed by atoms with Crippen molar-refractivity contribution in [3.63, 3.8) is 0 Å². The second-order valence-electron chi connectivity index (χ2n) is 16.1. The summed E-state index contributed by atoms with van der Waals surface area (Å²) in [6.07, 6.45) is -4.22. The average Bonchev–Trinajstić information content (AvgIpc) is 3.68. The number of esters is 3. The van der Waals surface area contributed by atoms with Gasteiger partial charge < -0.3 is 53.6 Å². The Labute approximate surface area is 290 Å². The van der Waals surface area contributed by atoms with Gasteiger partial charge in [0.25, 0.3) is 0 Å². The summed E-state index contributed by atoms with van der Waals surface area (Å²) in [4.78, 5) is 38.7. The summed E-state index contributed by atoms with van der Waals surface area (Å²) in [7, 11) is 2.48. The Kier molecular flexibility index (Phi) is 8.27. The van der Waals surface area contributed by atoms with Crippen LogP contribution in [0.25, 0.3) is 0 Å². The van der Waals surface area contributed by atoms with Crippen molar-refractivity contribution in [3.8, 4) is 0 Å². The van der Waals surface area contributed by atoms with Crippen LogP contribution in [0.4, 0.5) is 0 Å². The molecule has 2 bridgehead atoms. The summed E-state index contributed by atoms with van der Waals surface area (Å²) < 4.78 is 35.1. The SMILES string of the molecule is COC(=O)CC1C2(C)CC3(O)C(OC)(C2OC(C)=O)C2OC(O)/C(=C(\O)C(C)C)C4C(C)(C(OC(C)=O)c5ccoc5)CCC(O)(C42O)C13C. The smallest absolute Gasteiger partial charge is 0.305 e. The van der Waals surface area contributed by atoms with Crippen molar-refractivity contribution in [1.82, 2.24) is 0 Å². The predicted molar refractivity (Wildman–Crippen MR) is 171 cm³/mol. The van der Waals surface area contributed by atoms with Gasteiger partial charge in [0.1, 0.15) is 35.1 Å². The average molecular weight is 707 g/mol. The van der Waals surface area contributed by atoms with E-state index in [-0.39, 0.29) is 37.0 Å². The van der Waals surface area contributed by atoms with Crippen molar-refractivity contribution in [1.29, 1.82) is 0 Å². The van der Waals surface area contributed by atoms with Crippen LogP contribution in [0.1, 0.15) is 85.8 Å². The van der Waals surface area contributed by atoms with E-state index in [9.17, 15) is 39.9 Å². The molecule has 5 aliphatic rings. The van der Waals surface area contributed by atoms with Gasteiger partial charge in [-0.15, -0.1) is 0 Å². The van der Waals surface area contributed by atoms with Crippen LogP contribution in [0.3, 0.4) is 0 Å². The zero-order chi connectivity index (χ0) is 37.2. The standard InChI is InChI=1S/C36H50O14/c1-17(2)24(40)23-25-30(5,26(48-18(3)37)20-10-13-47-15-20)11-12-33(42)32(7)21(14-22(39)45-8)31(6)16-34(32,43)36(46-9,28(31)49-19(4)38)29(35(25,33)44)50-27(23)41/h10,13,15,17,21,25-29,40-44H,11-12,14,16H2,1-9H3/b24-23-. The Bertz CT molecular complexity index is 1600. The third-order valence-electron chi connectivity index (χ3n) is 13.7. The fraction of sp³-hybridized carbons (Fsp3) is 0.750. The van der Waals surface area contributed by atoms with Crippen LogP contribution < -0.4 is 0 Å². The van der Waals surface area contributed by atoms with Gasteiger partial charge in [0.05, 0.1) is 25.4 Å². The van der Waals surface area contributed by atoms with Crippen molar-refractivity contribution in [2.45, 2.75) is 121 Å². The highest BCUT2D eigenvalue weighted by Crippen LogP contribution is 2.84. The molecule has 0 aromatic carbocycles. The second-order valence-corrected chi connectivity index (χ2v) is 16.1. The van der Waals surface area contributed by atoms with Gasteiger partial charge in [-0.1, -0.05) is 34.6 Å². The summed E-state index contributed by atoms with van der Waals surface area (Å²) in [6, 6.07) is 1.59. The summed E-state index contributed by atoms with van der Waals surface area (Å²) in [6.45, 7) is 10.8. The van der Waals surface area contributed by atoms with Gasteiger partial charge in [0, 0.05) is 66.6 Å². The number of carbonyl (C=O) groups is 3. The van der Waals surface area contributed by atoms with E-state index >= 15 is 0 Å². The van der Waals surface area contributed by atoms with E-state index < -0.39 is 98.9 Å². The Morgan fingerprint density at radius 1 is 1.02 bits per heavy atom. The molecule has 13 atom stereocenters. The van der Waals surface area contributed by atoms with Gasteiger partial charge in [-0.25, -0.2) is 0 Å². The van der Waals surface area contributed by atoms with Gasteiger partial charge in [-0.05, 0) is 31.2 Å². The van der Waals surface area contributed by atoms with Crippen LogP contribution in [-0.4, -0.2) is 98.6 Å². The lowest BCUT2D eigenvalue weighted by Crippen LogP contribution is -2.95. The van der Waals surface area contributed by atoms with E-state index in [0.717, 1.165) is 0 Å². The molecular weight excluding hydrogens is 656 g/mol.